The molecule has 294 valence electrons. The second-order valence-electron chi connectivity index (χ2n) is 13.8. The maximum Gasteiger partial charge on any atom is 0.285 e. The molecule has 6 heterocycles. The quantitative estimate of drug-likeness (QED) is 0.196. The third-order valence-corrected chi connectivity index (χ3v) is 12.6. The van der Waals surface area contributed by atoms with E-state index in [1.54, 1.807) is 43.5 Å². The van der Waals surface area contributed by atoms with E-state index in [-0.39, 0.29) is 17.7 Å². The van der Waals surface area contributed by atoms with E-state index in [2.05, 4.69) is 25.2 Å². The number of carbonyl (C=O) groups is 1. The summed E-state index contributed by atoms with van der Waals surface area (Å²) in [6, 6.07) is 23.4. The van der Waals surface area contributed by atoms with Gasteiger partial charge in [0.2, 0.25) is 11.9 Å². The lowest BCUT2D eigenvalue weighted by Crippen LogP contribution is -2.60. The molecule has 3 aromatic carbocycles. The van der Waals surface area contributed by atoms with Gasteiger partial charge in [-0.05, 0) is 42.0 Å². The second-order valence-corrected chi connectivity index (χ2v) is 15.9. The van der Waals surface area contributed by atoms with E-state index in [0.717, 1.165) is 48.0 Å². The summed E-state index contributed by atoms with van der Waals surface area (Å²) in [5.41, 5.74) is 16.1. The van der Waals surface area contributed by atoms with Crippen molar-refractivity contribution in [3.05, 3.63) is 101 Å². The highest BCUT2D eigenvalue weighted by Crippen LogP contribution is 2.51. The average Bonchev–Trinajstić information content (AvgIpc) is 3.84. The van der Waals surface area contributed by atoms with Crippen LogP contribution in [0.25, 0.3) is 20.9 Å². The monoisotopic (exact) mass is 808 g/mol. The number of carbonyl (C=O) groups excluding carboxylic acids is 1. The van der Waals surface area contributed by atoms with E-state index in [4.69, 9.17) is 30.9 Å². The van der Waals surface area contributed by atoms with E-state index < -0.39 is 11.6 Å². The van der Waals surface area contributed by atoms with E-state index in [1.165, 1.54) is 35.2 Å². The van der Waals surface area contributed by atoms with Crippen molar-refractivity contribution in [1.82, 2.24) is 40.1 Å². The SMILES string of the molecule is COc1ccc(OC(C(=O)N2CCN(c3nc(N)nc4sc(-c5ccccc5)nc34)CC2)N2C3=C(N=C(N)N(N4CCNCC4)C3)SC2c2ccc(F)cc2)cc1. The van der Waals surface area contributed by atoms with Crippen molar-refractivity contribution in [1.29, 1.82) is 0 Å². The van der Waals surface area contributed by atoms with Crippen molar-refractivity contribution in [2.45, 2.75) is 11.6 Å². The summed E-state index contributed by atoms with van der Waals surface area (Å²) >= 11 is 2.94. The molecule has 2 fully saturated rings. The zero-order valence-corrected chi connectivity index (χ0v) is 32.8. The molecule has 2 saturated heterocycles. The number of thiazole rings is 1. The number of hydrogen-bond donors (Lipinski definition) is 3. The maximum atomic E-state index is 15.1. The Hall–Kier alpha value is -5.69. The number of nitrogen functional groups attached to an aromatic ring is 1. The van der Waals surface area contributed by atoms with E-state index in [0.29, 0.717) is 71.4 Å². The van der Waals surface area contributed by atoms with Crippen LogP contribution in [0, 0.1) is 5.82 Å². The number of guanidine groups is 1. The number of fused-ring (bicyclic) bond motifs is 1. The van der Waals surface area contributed by atoms with Gasteiger partial charge in [0.15, 0.2) is 10.6 Å². The van der Waals surface area contributed by atoms with E-state index in [9.17, 15) is 4.39 Å². The van der Waals surface area contributed by atoms with Crippen molar-refractivity contribution in [3.8, 4) is 22.1 Å². The highest BCUT2D eigenvalue weighted by atomic mass is 32.2. The molecule has 0 radical (unpaired) electrons. The van der Waals surface area contributed by atoms with Crippen LogP contribution in [0.3, 0.4) is 0 Å². The Balaban J connectivity index is 1.04. The number of hydrogen-bond acceptors (Lipinski definition) is 16. The lowest BCUT2D eigenvalue weighted by molar-refractivity contribution is -0.147. The Kier molecular flexibility index (Phi) is 10.2. The summed E-state index contributed by atoms with van der Waals surface area (Å²) in [7, 11) is 1.60. The Morgan fingerprint density at radius 1 is 0.895 bits per heavy atom. The van der Waals surface area contributed by atoms with Crippen molar-refractivity contribution < 1.29 is 18.7 Å². The van der Waals surface area contributed by atoms with Gasteiger partial charge in [-0.15, -0.1) is 0 Å². The lowest BCUT2D eigenvalue weighted by Gasteiger charge is -2.43. The Morgan fingerprint density at radius 3 is 2.33 bits per heavy atom. The van der Waals surface area contributed by atoms with Crippen molar-refractivity contribution in [2.24, 2.45) is 10.7 Å². The molecule has 1 amide bonds. The van der Waals surface area contributed by atoms with Gasteiger partial charge in [0.05, 0.1) is 19.4 Å². The highest BCUT2D eigenvalue weighted by molar-refractivity contribution is 8.03. The molecule has 2 aromatic heterocycles. The number of amides is 1. The summed E-state index contributed by atoms with van der Waals surface area (Å²) in [6.45, 7) is 5.22. The van der Waals surface area contributed by atoms with Gasteiger partial charge in [-0.1, -0.05) is 65.6 Å². The van der Waals surface area contributed by atoms with Gasteiger partial charge in [-0.2, -0.15) is 4.98 Å². The molecule has 0 bridgehead atoms. The number of nitrogens with one attached hydrogen (secondary N) is 1. The molecule has 18 heteroatoms. The number of nitrogens with zero attached hydrogens (tertiary/aromatic N) is 9. The predicted molar refractivity (Wildman–Crippen MR) is 220 cm³/mol. The number of piperazine rings is 2. The molecule has 9 rings (SSSR count). The van der Waals surface area contributed by atoms with Gasteiger partial charge in [-0.25, -0.2) is 24.4 Å². The number of rotatable bonds is 9. The lowest BCUT2D eigenvalue weighted by atomic mass is 10.1. The standard InChI is InChI=1S/C39H41FN12O3S2/c1-54-27-11-13-28(14-12-27)55-36(52-29-23-51(50-17-15-43-16-18-50)39(42)47-33(29)57-37(52)25-7-9-26(40)10-8-25)35(53)49-21-19-48(20-22-49)31-30-34(46-38(41)45-31)56-32(44-30)24-5-3-2-4-6-24/h2-14,36-37,43H,15-23H2,1H3,(H2,42,47)(H2,41,45,46). The van der Waals surface area contributed by atoms with Gasteiger partial charge in [0, 0.05) is 57.9 Å². The van der Waals surface area contributed by atoms with E-state index in [1.807, 2.05) is 45.1 Å². The first-order valence-corrected chi connectivity index (χ1v) is 20.4. The molecular weight excluding hydrogens is 768 g/mol. The number of ether oxygens (including phenoxy) is 2. The van der Waals surface area contributed by atoms with Crippen LogP contribution in [-0.4, -0.2) is 119 Å². The predicted octanol–water partition coefficient (Wildman–Crippen LogP) is 3.90. The van der Waals surface area contributed by atoms with Crippen molar-refractivity contribution >= 4 is 57.1 Å². The molecule has 2 unspecified atom stereocenters. The Labute approximate surface area is 336 Å². The van der Waals surface area contributed by atoms with E-state index >= 15 is 4.79 Å². The number of thioether (sulfide) groups is 1. The topological polar surface area (TPSA) is 167 Å². The van der Waals surface area contributed by atoms with Crippen LogP contribution in [0.1, 0.15) is 10.9 Å². The summed E-state index contributed by atoms with van der Waals surface area (Å²) in [6.07, 6.45) is -1.12. The van der Waals surface area contributed by atoms with Gasteiger partial charge >= 0.3 is 0 Å². The molecule has 5 aromatic rings. The third-order valence-electron chi connectivity index (χ3n) is 10.3. The zero-order chi connectivity index (χ0) is 39.0. The number of anilines is 2. The fraction of sp³-hybridized carbons (Fsp3) is 0.308. The smallest absolute Gasteiger partial charge is 0.285 e. The summed E-state index contributed by atoms with van der Waals surface area (Å²) in [4.78, 5) is 40.7. The first-order valence-electron chi connectivity index (χ1n) is 18.7. The molecule has 57 heavy (non-hydrogen) atoms. The molecule has 0 aliphatic carbocycles. The van der Waals surface area contributed by atoms with Crippen LogP contribution >= 0.6 is 23.1 Å². The van der Waals surface area contributed by atoms with Gasteiger partial charge in [-0.3, -0.25) is 9.80 Å². The van der Waals surface area contributed by atoms with Gasteiger partial charge in [0.25, 0.3) is 12.1 Å². The normalized spacial score (nSPS) is 19.5. The van der Waals surface area contributed by atoms with Crippen LogP contribution in [0.15, 0.2) is 94.6 Å². The van der Waals surface area contributed by atoms with Crippen molar-refractivity contribution in [3.63, 3.8) is 0 Å². The van der Waals surface area contributed by atoms with Gasteiger partial charge < -0.3 is 41.0 Å². The van der Waals surface area contributed by atoms with Crippen LogP contribution in [-0.2, 0) is 4.79 Å². The van der Waals surface area contributed by atoms with Gasteiger partial charge in [0.1, 0.15) is 38.2 Å². The molecular formula is C39H41FN12O3S2. The van der Waals surface area contributed by atoms with Crippen LogP contribution in [0.5, 0.6) is 11.5 Å². The number of aliphatic imine (C=N–C) groups is 1. The zero-order valence-electron chi connectivity index (χ0n) is 31.1. The number of methoxy groups -OCH3 is 1. The minimum atomic E-state index is -1.12. The summed E-state index contributed by atoms with van der Waals surface area (Å²) < 4.78 is 26.4. The molecule has 4 aliphatic rings. The Bertz CT molecular complexity index is 2320. The average molecular weight is 809 g/mol. The molecule has 15 nitrogen and oxygen atoms in total. The fourth-order valence-electron chi connectivity index (χ4n) is 7.42. The molecule has 5 N–H and O–H groups in total. The van der Waals surface area contributed by atoms with Crippen molar-refractivity contribution in [2.75, 3.05) is 76.6 Å². The number of benzene rings is 3. The summed E-state index contributed by atoms with van der Waals surface area (Å²) in [5.74, 6) is 1.76. The number of hydrazine groups is 1. The number of nitrogens with two attached hydrogens (primary N) is 2. The third kappa shape index (κ3) is 7.36. The van der Waals surface area contributed by atoms with Crippen LogP contribution < -0.4 is 31.2 Å². The maximum absolute atomic E-state index is 15.1. The highest BCUT2D eigenvalue weighted by Gasteiger charge is 2.47. The molecule has 0 spiro atoms. The second kappa shape index (κ2) is 15.7. The Morgan fingerprint density at radius 2 is 1.61 bits per heavy atom. The number of halogens is 1. The minimum absolute atomic E-state index is 0.167. The first kappa shape index (κ1) is 36.9. The number of aromatic nitrogens is 3. The van der Waals surface area contributed by atoms with Crippen LogP contribution in [0.4, 0.5) is 16.2 Å². The molecule has 4 aliphatic heterocycles. The van der Waals surface area contributed by atoms with Crippen LogP contribution in [0.2, 0.25) is 0 Å². The first-order chi connectivity index (χ1) is 27.8. The minimum Gasteiger partial charge on any atom is -0.497 e. The molecule has 2 atom stereocenters. The fourth-order valence-corrected chi connectivity index (χ4v) is 9.68. The summed E-state index contributed by atoms with van der Waals surface area (Å²) in [5, 5.41) is 8.60. The molecule has 0 saturated carbocycles. The largest absolute Gasteiger partial charge is 0.497 e.